The number of hydrazine groups is 1. The van der Waals surface area contributed by atoms with E-state index in [4.69, 9.17) is 15.3 Å². The molecule has 0 saturated carbocycles. The number of nitrogens with two attached hydrogens (primary N) is 1. The molecule has 0 amide bonds. The molecule has 2 fully saturated rings. The molecule has 5 heteroatoms. The van der Waals surface area contributed by atoms with Gasteiger partial charge in [0.05, 0.1) is 12.2 Å². The topological polar surface area (TPSA) is 56.5 Å². The zero-order valence-electron chi connectivity index (χ0n) is 12.2. The smallest absolute Gasteiger partial charge is 0.0939 e. The van der Waals surface area contributed by atoms with Crippen molar-refractivity contribution in [1.29, 1.82) is 0 Å². The van der Waals surface area contributed by atoms with Crippen LogP contribution in [-0.2, 0) is 15.9 Å². The average molecular weight is 355 g/mol. The number of ether oxygens (including phenoxy) is 2. The summed E-state index contributed by atoms with van der Waals surface area (Å²) in [6.07, 6.45) is 4.07. The maximum absolute atomic E-state index is 6.02. The molecule has 4 nitrogen and oxygen atoms in total. The van der Waals surface area contributed by atoms with Crippen molar-refractivity contribution in [3.63, 3.8) is 0 Å². The predicted molar refractivity (Wildman–Crippen MR) is 85.8 cm³/mol. The normalized spacial score (nSPS) is 30.7. The summed E-state index contributed by atoms with van der Waals surface area (Å²) in [5, 5.41) is 0. The lowest BCUT2D eigenvalue weighted by Gasteiger charge is -2.40. The molecule has 0 bridgehead atoms. The fourth-order valence-corrected chi connectivity index (χ4v) is 3.77. The molecule has 0 aliphatic carbocycles. The highest BCUT2D eigenvalue weighted by atomic mass is 79.9. The van der Waals surface area contributed by atoms with E-state index in [2.05, 4.69) is 45.6 Å². The van der Waals surface area contributed by atoms with E-state index in [9.17, 15) is 0 Å². The molecular formula is C16H23BrN2O2. The largest absolute Gasteiger partial charge is 0.378 e. The molecule has 0 aromatic heterocycles. The third-order valence-corrected chi connectivity index (χ3v) is 5.28. The second kappa shape index (κ2) is 6.75. The Hall–Kier alpha value is -0.460. The first-order valence-electron chi connectivity index (χ1n) is 7.63. The lowest BCUT2D eigenvalue weighted by Crippen LogP contribution is -2.50. The molecule has 3 atom stereocenters. The van der Waals surface area contributed by atoms with Crippen molar-refractivity contribution >= 4 is 15.9 Å². The maximum Gasteiger partial charge on any atom is 0.0939 e. The van der Waals surface area contributed by atoms with Crippen LogP contribution in [0.3, 0.4) is 0 Å². The van der Waals surface area contributed by atoms with E-state index in [0.29, 0.717) is 5.92 Å². The van der Waals surface area contributed by atoms with E-state index in [1.54, 1.807) is 0 Å². The summed E-state index contributed by atoms with van der Waals surface area (Å²) in [6.45, 7) is 2.37. The Morgan fingerprint density at radius 2 is 2.14 bits per heavy atom. The third-order valence-electron chi connectivity index (χ3n) is 4.75. The number of nitrogens with one attached hydrogen (secondary N) is 1. The summed E-state index contributed by atoms with van der Waals surface area (Å²) in [7, 11) is 0. The monoisotopic (exact) mass is 354 g/mol. The molecule has 3 N–H and O–H groups in total. The molecular weight excluding hydrogens is 332 g/mol. The van der Waals surface area contributed by atoms with Gasteiger partial charge in [0, 0.05) is 30.1 Å². The molecule has 21 heavy (non-hydrogen) atoms. The molecule has 2 saturated heterocycles. The van der Waals surface area contributed by atoms with Gasteiger partial charge in [0.15, 0.2) is 0 Å². The van der Waals surface area contributed by atoms with Gasteiger partial charge in [-0.2, -0.15) is 0 Å². The van der Waals surface area contributed by atoms with E-state index >= 15 is 0 Å². The number of benzene rings is 1. The van der Waals surface area contributed by atoms with Crippen LogP contribution in [0.25, 0.3) is 0 Å². The summed E-state index contributed by atoms with van der Waals surface area (Å²) in [6, 6.07) is 8.76. The van der Waals surface area contributed by atoms with Crippen LogP contribution in [-0.4, -0.2) is 31.5 Å². The minimum atomic E-state index is -0.0578. The van der Waals surface area contributed by atoms with Crippen LogP contribution in [0.4, 0.5) is 0 Å². The highest BCUT2D eigenvalue weighted by Gasteiger charge is 2.42. The molecule has 1 aromatic rings. The average Bonchev–Trinajstić information content (AvgIpc) is 2.94. The second-order valence-electron chi connectivity index (χ2n) is 6.19. The van der Waals surface area contributed by atoms with Gasteiger partial charge >= 0.3 is 0 Å². The quantitative estimate of drug-likeness (QED) is 0.643. The van der Waals surface area contributed by atoms with Crippen molar-refractivity contribution in [2.24, 2.45) is 11.8 Å². The maximum atomic E-state index is 6.02. The van der Waals surface area contributed by atoms with E-state index < -0.39 is 0 Å². The number of hydrogen-bond donors (Lipinski definition) is 2. The summed E-state index contributed by atoms with van der Waals surface area (Å²) in [5.74, 6) is 6.37. The molecule has 1 spiro atoms. The first-order valence-corrected chi connectivity index (χ1v) is 8.42. The van der Waals surface area contributed by atoms with Gasteiger partial charge in [-0.3, -0.25) is 11.3 Å². The molecule has 2 aliphatic heterocycles. The van der Waals surface area contributed by atoms with Crippen LogP contribution in [0, 0.1) is 5.92 Å². The number of hydrogen-bond acceptors (Lipinski definition) is 4. The molecule has 3 rings (SSSR count). The lowest BCUT2D eigenvalue weighted by atomic mass is 9.79. The summed E-state index contributed by atoms with van der Waals surface area (Å²) in [5.41, 5.74) is 4.28. The van der Waals surface area contributed by atoms with Crippen LogP contribution < -0.4 is 11.3 Å². The van der Waals surface area contributed by atoms with Crippen molar-refractivity contribution in [1.82, 2.24) is 5.43 Å². The Balaban J connectivity index is 1.66. The SMILES string of the molecule is NNC(Cc1ccc(Br)cc1)C1CCOC2(CCOC2)C1. The summed E-state index contributed by atoms with van der Waals surface area (Å²) >= 11 is 3.48. The molecule has 2 aliphatic rings. The Bertz CT molecular complexity index is 460. The van der Waals surface area contributed by atoms with Gasteiger partial charge in [-0.15, -0.1) is 0 Å². The highest BCUT2D eigenvalue weighted by molar-refractivity contribution is 9.10. The zero-order valence-corrected chi connectivity index (χ0v) is 13.8. The zero-order chi connectivity index (χ0) is 14.7. The molecule has 3 unspecified atom stereocenters. The number of halogens is 1. The first-order chi connectivity index (χ1) is 10.2. The van der Waals surface area contributed by atoms with Crippen molar-refractivity contribution in [3.8, 4) is 0 Å². The second-order valence-corrected chi connectivity index (χ2v) is 7.11. The van der Waals surface area contributed by atoms with Gasteiger partial charge in [-0.05, 0) is 42.9 Å². The van der Waals surface area contributed by atoms with Crippen molar-refractivity contribution in [3.05, 3.63) is 34.3 Å². The molecule has 2 heterocycles. The number of rotatable bonds is 4. The van der Waals surface area contributed by atoms with E-state index in [-0.39, 0.29) is 11.6 Å². The van der Waals surface area contributed by atoms with Gasteiger partial charge in [0.2, 0.25) is 0 Å². The molecule has 1 aromatic carbocycles. The van der Waals surface area contributed by atoms with Gasteiger partial charge in [0.1, 0.15) is 0 Å². The minimum absolute atomic E-state index is 0.0578. The molecule has 116 valence electrons. The van der Waals surface area contributed by atoms with E-state index in [0.717, 1.165) is 50.0 Å². The van der Waals surface area contributed by atoms with Crippen LogP contribution in [0.5, 0.6) is 0 Å². The van der Waals surface area contributed by atoms with Crippen LogP contribution in [0.15, 0.2) is 28.7 Å². The van der Waals surface area contributed by atoms with Gasteiger partial charge in [-0.25, -0.2) is 0 Å². The first kappa shape index (κ1) is 15.4. The van der Waals surface area contributed by atoms with Crippen molar-refractivity contribution in [2.75, 3.05) is 19.8 Å². The Labute approximate surface area is 134 Å². The molecule has 0 radical (unpaired) electrons. The predicted octanol–water partition coefficient (Wildman–Crippen LogP) is 2.41. The van der Waals surface area contributed by atoms with E-state index in [1.807, 2.05) is 0 Å². The third kappa shape index (κ3) is 3.66. The van der Waals surface area contributed by atoms with Crippen LogP contribution in [0.1, 0.15) is 24.8 Å². The Kier molecular flexibility index (Phi) is 4.96. The van der Waals surface area contributed by atoms with Gasteiger partial charge in [0.25, 0.3) is 0 Å². The lowest BCUT2D eigenvalue weighted by molar-refractivity contribution is -0.103. The fraction of sp³-hybridized carbons (Fsp3) is 0.625. The Morgan fingerprint density at radius 3 is 2.81 bits per heavy atom. The highest BCUT2D eigenvalue weighted by Crippen LogP contribution is 2.37. The van der Waals surface area contributed by atoms with Crippen LogP contribution >= 0.6 is 15.9 Å². The van der Waals surface area contributed by atoms with Gasteiger partial charge in [-0.1, -0.05) is 28.1 Å². The Morgan fingerprint density at radius 1 is 1.33 bits per heavy atom. The fourth-order valence-electron chi connectivity index (χ4n) is 3.51. The standard InChI is InChI=1S/C16H23BrN2O2/c17-14-3-1-12(2-4-14)9-15(19-18)13-5-7-21-16(10-13)6-8-20-11-16/h1-4,13,15,19H,5-11,18H2. The van der Waals surface area contributed by atoms with Crippen molar-refractivity contribution in [2.45, 2.75) is 37.3 Å². The summed E-state index contributed by atoms with van der Waals surface area (Å²) in [4.78, 5) is 0. The summed E-state index contributed by atoms with van der Waals surface area (Å²) < 4.78 is 12.7. The van der Waals surface area contributed by atoms with E-state index in [1.165, 1.54) is 5.56 Å². The van der Waals surface area contributed by atoms with Gasteiger partial charge < -0.3 is 9.47 Å². The minimum Gasteiger partial charge on any atom is -0.378 e. The van der Waals surface area contributed by atoms with Crippen LogP contribution in [0.2, 0.25) is 0 Å². The van der Waals surface area contributed by atoms with Crippen molar-refractivity contribution < 1.29 is 9.47 Å².